The molecule has 1 aliphatic rings. The van der Waals surface area contributed by atoms with Crippen LogP contribution in [-0.2, 0) is 16.0 Å². The van der Waals surface area contributed by atoms with Crippen LogP contribution in [0.2, 0.25) is 0 Å². The molecule has 2 rings (SSSR count). The largest absolute Gasteiger partial charge is 0.480 e. The van der Waals surface area contributed by atoms with Gasteiger partial charge in [0.1, 0.15) is 6.04 Å². The third-order valence-corrected chi connectivity index (χ3v) is 3.47. The fraction of sp³-hybridized carbons (Fsp3) is 0.429. The highest BCUT2D eigenvalue weighted by atomic mass is 16.4. The van der Waals surface area contributed by atoms with Gasteiger partial charge in [-0.2, -0.15) is 0 Å². The number of carbonyl (C=O) groups excluding carboxylic acids is 1. The van der Waals surface area contributed by atoms with E-state index >= 15 is 0 Å². The molecule has 4 heteroatoms. The summed E-state index contributed by atoms with van der Waals surface area (Å²) in [5.74, 6) is -1.14. The van der Waals surface area contributed by atoms with Crippen molar-refractivity contribution in [3.05, 3.63) is 35.9 Å². The van der Waals surface area contributed by atoms with E-state index in [-0.39, 0.29) is 11.8 Å². The number of nitrogens with zero attached hydrogens (tertiary/aromatic N) is 1. The highest BCUT2D eigenvalue weighted by molar-refractivity contribution is 5.89. The number of carboxylic acid groups (broad SMARTS) is 1. The van der Waals surface area contributed by atoms with Gasteiger partial charge in [-0.3, -0.25) is 4.79 Å². The lowest BCUT2D eigenvalue weighted by Gasteiger charge is -2.19. The van der Waals surface area contributed by atoms with Gasteiger partial charge in [0.2, 0.25) is 5.91 Å². The first-order valence-corrected chi connectivity index (χ1v) is 6.20. The minimum atomic E-state index is -0.902. The van der Waals surface area contributed by atoms with Gasteiger partial charge in [0.25, 0.3) is 0 Å². The number of aliphatic carboxylic acids is 1. The SMILES string of the molecule is CCN1C(=O)C(Cc2ccccc2)CC1C(=O)O. The van der Waals surface area contributed by atoms with E-state index in [4.69, 9.17) is 5.11 Å². The van der Waals surface area contributed by atoms with E-state index in [0.717, 1.165) is 5.56 Å². The second-order valence-corrected chi connectivity index (χ2v) is 4.60. The fourth-order valence-corrected chi connectivity index (χ4v) is 2.57. The van der Waals surface area contributed by atoms with Crippen molar-refractivity contribution in [1.29, 1.82) is 0 Å². The molecule has 96 valence electrons. The van der Waals surface area contributed by atoms with Crippen molar-refractivity contribution in [3.63, 3.8) is 0 Å². The Morgan fingerprint density at radius 2 is 2.06 bits per heavy atom. The van der Waals surface area contributed by atoms with E-state index in [2.05, 4.69) is 0 Å². The van der Waals surface area contributed by atoms with Crippen molar-refractivity contribution in [2.75, 3.05) is 6.54 Å². The van der Waals surface area contributed by atoms with E-state index in [9.17, 15) is 9.59 Å². The van der Waals surface area contributed by atoms with Crippen molar-refractivity contribution < 1.29 is 14.7 Å². The first-order valence-electron chi connectivity index (χ1n) is 6.20. The first-order chi connectivity index (χ1) is 8.63. The molecule has 1 heterocycles. The van der Waals surface area contributed by atoms with Crippen LogP contribution in [0.4, 0.5) is 0 Å². The molecule has 1 N–H and O–H groups in total. The van der Waals surface area contributed by atoms with Crippen molar-refractivity contribution in [2.45, 2.75) is 25.8 Å². The molecule has 1 aromatic rings. The molecule has 0 aliphatic carbocycles. The lowest BCUT2D eigenvalue weighted by atomic mass is 9.96. The summed E-state index contributed by atoms with van der Waals surface area (Å²) in [5.41, 5.74) is 1.08. The van der Waals surface area contributed by atoms with E-state index in [0.29, 0.717) is 19.4 Å². The number of hydrogen-bond donors (Lipinski definition) is 1. The molecule has 2 atom stereocenters. The maximum absolute atomic E-state index is 12.1. The monoisotopic (exact) mass is 247 g/mol. The van der Waals surface area contributed by atoms with Gasteiger partial charge < -0.3 is 10.0 Å². The van der Waals surface area contributed by atoms with Crippen molar-refractivity contribution in [3.8, 4) is 0 Å². The Morgan fingerprint density at radius 1 is 1.39 bits per heavy atom. The van der Waals surface area contributed by atoms with Crippen LogP contribution in [0.25, 0.3) is 0 Å². The molecule has 0 radical (unpaired) electrons. The summed E-state index contributed by atoms with van der Waals surface area (Å²) in [5, 5.41) is 9.12. The number of carbonyl (C=O) groups is 2. The van der Waals surface area contributed by atoms with Gasteiger partial charge in [-0.1, -0.05) is 30.3 Å². The van der Waals surface area contributed by atoms with Crippen LogP contribution in [0.1, 0.15) is 18.9 Å². The van der Waals surface area contributed by atoms with Gasteiger partial charge in [0, 0.05) is 12.5 Å². The van der Waals surface area contributed by atoms with Crippen LogP contribution < -0.4 is 0 Å². The first kappa shape index (κ1) is 12.6. The summed E-state index contributed by atoms with van der Waals surface area (Å²) < 4.78 is 0. The van der Waals surface area contributed by atoms with Crippen molar-refractivity contribution in [2.24, 2.45) is 5.92 Å². The van der Waals surface area contributed by atoms with Crippen LogP contribution in [-0.4, -0.2) is 34.5 Å². The Morgan fingerprint density at radius 3 is 2.56 bits per heavy atom. The van der Waals surface area contributed by atoms with E-state index in [1.165, 1.54) is 4.90 Å². The minimum Gasteiger partial charge on any atom is -0.480 e. The molecule has 1 amide bonds. The smallest absolute Gasteiger partial charge is 0.326 e. The molecular weight excluding hydrogens is 230 g/mol. The van der Waals surface area contributed by atoms with E-state index in [1.54, 1.807) is 0 Å². The number of rotatable bonds is 4. The number of hydrogen-bond acceptors (Lipinski definition) is 2. The van der Waals surface area contributed by atoms with Crippen molar-refractivity contribution in [1.82, 2.24) is 4.90 Å². The summed E-state index contributed by atoms with van der Waals surface area (Å²) in [6, 6.07) is 9.08. The zero-order valence-corrected chi connectivity index (χ0v) is 10.4. The van der Waals surface area contributed by atoms with Gasteiger partial charge in [0.15, 0.2) is 0 Å². The number of benzene rings is 1. The lowest BCUT2D eigenvalue weighted by Crippen LogP contribution is -2.38. The molecule has 18 heavy (non-hydrogen) atoms. The zero-order valence-electron chi connectivity index (χ0n) is 10.4. The average Bonchev–Trinajstić information content (AvgIpc) is 2.68. The predicted octanol–water partition coefficient (Wildman–Crippen LogP) is 1.55. The second kappa shape index (κ2) is 5.21. The maximum Gasteiger partial charge on any atom is 0.326 e. The summed E-state index contributed by atoms with van der Waals surface area (Å²) in [6.45, 7) is 2.28. The number of likely N-dealkylation sites (N-methyl/N-ethyl adjacent to an activating group) is 1. The Kier molecular flexibility index (Phi) is 3.65. The number of amides is 1. The van der Waals surface area contributed by atoms with Crippen LogP contribution in [0.15, 0.2) is 30.3 Å². The Labute approximate surface area is 106 Å². The third-order valence-electron chi connectivity index (χ3n) is 3.47. The zero-order chi connectivity index (χ0) is 13.1. The molecule has 1 fully saturated rings. The quantitative estimate of drug-likeness (QED) is 0.878. The van der Waals surface area contributed by atoms with E-state index in [1.807, 2.05) is 37.3 Å². The average molecular weight is 247 g/mol. The van der Waals surface area contributed by atoms with Gasteiger partial charge in [-0.25, -0.2) is 4.79 Å². The van der Waals surface area contributed by atoms with E-state index < -0.39 is 12.0 Å². The van der Waals surface area contributed by atoms with Crippen LogP contribution in [0, 0.1) is 5.92 Å². The molecule has 0 aromatic heterocycles. The van der Waals surface area contributed by atoms with Gasteiger partial charge in [-0.05, 0) is 25.3 Å². The normalized spacial score (nSPS) is 23.4. The van der Waals surface area contributed by atoms with Crippen LogP contribution in [0.5, 0.6) is 0 Å². The Balaban J connectivity index is 2.11. The molecule has 1 aromatic carbocycles. The molecule has 0 bridgehead atoms. The number of carboxylic acids is 1. The van der Waals surface area contributed by atoms with Gasteiger partial charge >= 0.3 is 5.97 Å². The molecule has 0 saturated carbocycles. The molecular formula is C14H17NO3. The third kappa shape index (κ3) is 2.37. The lowest BCUT2D eigenvalue weighted by molar-refractivity contribution is -0.146. The predicted molar refractivity (Wildman–Crippen MR) is 67.1 cm³/mol. The van der Waals surface area contributed by atoms with Crippen molar-refractivity contribution >= 4 is 11.9 Å². The molecule has 2 unspecified atom stereocenters. The highest BCUT2D eigenvalue weighted by Gasteiger charge is 2.42. The minimum absolute atomic E-state index is 0.0336. The topological polar surface area (TPSA) is 57.6 Å². The van der Waals surface area contributed by atoms with Gasteiger partial charge in [-0.15, -0.1) is 0 Å². The van der Waals surface area contributed by atoms with Crippen LogP contribution in [0.3, 0.4) is 0 Å². The Hall–Kier alpha value is -1.84. The summed E-state index contributed by atoms with van der Waals surface area (Å²) in [6.07, 6.45) is 1.04. The van der Waals surface area contributed by atoms with Crippen LogP contribution >= 0.6 is 0 Å². The molecule has 1 saturated heterocycles. The molecule has 1 aliphatic heterocycles. The van der Waals surface area contributed by atoms with Gasteiger partial charge in [0.05, 0.1) is 0 Å². The molecule has 4 nitrogen and oxygen atoms in total. The Bertz CT molecular complexity index is 444. The number of likely N-dealkylation sites (tertiary alicyclic amines) is 1. The maximum atomic E-state index is 12.1. The standard InChI is InChI=1S/C14H17NO3/c1-2-15-12(14(17)18)9-11(13(15)16)8-10-6-4-3-5-7-10/h3-7,11-12H,2,8-9H2,1H3,(H,17,18). The fourth-order valence-electron chi connectivity index (χ4n) is 2.57. The summed E-state index contributed by atoms with van der Waals surface area (Å²) in [4.78, 5) is 24.7. The highest BCUT2D eigenvalue weighted by Crippen LogP contribution is 2.27. The summed E-state index contributed by atoms with van der Waals surface area (Å²) >= 11 is 0. The second-order valence-electron chi connectivity index (χ2n) is 4.60. The summed E-state index contributed by atoms with van der Waals surface area (Å²) in [7, 11) is 0. The molecule has 0 spiro atoms.